The highest BCUT2D eigenvalue weighted by atomic mass is 32.3. The summed E-state index contributed by atoms with van der Waals surface area (Å²) in [5.74, 6) is 0. The summed E-state index contributed by atoms with van der Waals surface area (Å²) in [6.07, 6.45) is -6.57. The van der Waals surface area contributed by atoms with Crippen LogP contribution in [0.2, 0.25) is 0 Å². The van der Waals surface area contributed by atoms with E-state index in [1.165, 1.54) is 0 Å². The van der Waals surface area contributed by atoms with Gasteiger partial charge < -0.3 is 0 Å². The first kappa shape index (κ1) is 14.4. The van der Waals surface area contributed by atoms with Gasteiger partial charge in [-0.2, -0.15) is 30.4 Å². The number of hydrogen-bond donors (Lipinski definition) is 1. The van der Waals surface area contributed by atoms with E-state index in [2.05, 4.69) is 0 Å². The minimum absolute atomic E-state index is 0.450. The van der Waals surface area contributed by atoms with Crippen LogP contribution < -0.4 is 4.13 Å². The van der Waals surface area contributed by atoms with Crippen molar-refractivity contribution >= 4 is 20.4 Å². The van der Waals surface area contributed by atoms with Gasteiger partial charge in [0.2, 0.25) is 0 Å². The Morgan fingerprint density at radius 1 is 0.867 bits per heavy atom. The molecule has 13 heteroatoms. The third-order valence-corrected chi connectivity index (χ3v) is 3.46. The smallest absolute Gasteiger partial charge is 0.205 e. The van der Waals surface area contributed by atoms with Gasteiger partial charge in [-0.05, 0) is 0 Å². The van der Waals surface area contributed by atoms with Gasteiger partial charge >= 0.3 is 31.9 Å². The molecule has 0 spiro atoms. The van der Waals surface area contributed by atoms with Gasteiger partial charge in [0.15, 0.2) is 0 Å². The Morgan fingerprint density at radius 3 is 1.40 bits per heavy atom. The molecule has 0 saturated heterocycles. The molecule has 0 fully saturated rings. The van der Waals surface area contributed by atoms with Crippen molar-refractivity contribution < 1.29 is 42.7 Å². The second kappa shape index (κ2) is 3.48. The molecule has 0 aliphatic carbocycles. The monoisotopic (exact) mass is 281 g/mol. The van der Waals surface area contributed by atoms with Crippen LogP contribution in [0.3, 0.4) is 0 Å². The van der Waals surface area contributed by atoms with Crippen molar-refractivity contribution in [2.45, 2.75) is 11.4 Å². The SMILES string of the molecule is O=S(=O)(F)NS(=O)(=O)C(F)(F)C(F)(F)F. The van der Waals surface area contributed by atoms with Crippen molar-refractivity contribution in [3.05, 3.63) is 0 Å². The van der Waals surface area contributed by atoms with Crippen molar-refractivity contribution in [2.75, 3.05) is 0 Å². The molecule has 0 aliphatic heterocycles. The number of hydrogen-bond acceptors (Lipinski definition) is 4. The third-order valence-electron chi connectivity index (χ3n) is 0.877. The molecule has 0 aromatic heterocycles. The molecule has 0 unspecified atom stereocenters. The lowest BCUT2D eigenvalue weighted by Gasteiger charge is -2.18. The van der Waals surface area contributed by atoms with Gasteiger partial charge in [0.25, 0.3) is 0 Å². The fourth-order valence-corrected chi connectivity index (χ4v) is 2.11. The second-order valence-electron chi connectivity index (χ2n) is 2.04. The van der Waals surface area contributed by atoms with Crippen molar-refractivity contribution in [3.63, 3.8) is 0 Å². The van der Waals surface area contributed by atoms with Crippen LogP contribution in [0, 0.1) is 0 Å². The Balaban J connectivity index is 5.43. The topological polar surface area (TPSA) is 80.3 Å². The van der Waals surface area contributed by atoms with Crippen molar-refractivity contribution in [3.8, 4) is 0 Å². The lowest BCUT2D eigenvalue weighted by Crippen LogP contribution is -2.50. The second-order valence-corrected chi connectivity index (χ2v) is 5.10. The Morgan fingerprint density at radius 2 is 1.20 bits per heavy atom. The van der Waals surface area contributed by atoms with Gasteiger partial charge in [0, 0.05) is 0 Å². The predicted molar refractivity (Wildman–Crippen MR) is 33.1 cm³/mol. The lowest BCUT2D eigenvalue weighted by molar-refractivity contribution is -0.241. The minimum Gasteiger partial charge on any atom is -0.205 e. The fourth-order valence-electron chi connectivity index (χ4n) is 0.336. The molecule has 0 rings (SSSR count). The summed E-state index contributed by atoms with van der Waals surface area (Å²) >= 11 is 0. The molecule has 1 N–H and O–H groups in total. The van der Waals surface area contributed by atoms with Crippen LogP contribution in [-0.2, 0) is 20.4 Å². The van der Waals surface area contributed by atoms with Crippen LogP contribution >= 0.6 is 0 Å². The van der Waals surface area contributed by atoms with Crippen LogP contribution in [0.1, 0.15) is 0 Å². The molecule has 0 bridgehead atoms. The van der Waals surface area contributed by atoms with E-state index < -0.39 is 36.0 Å². The molecule has 0 atom stereocenters. The first-order valence-electron chi connectivity index (χ1n) is 2.63. The number of alkyl halides is 5. The quantitative estimate of drug-likeness (QED) is 0.595. The molecule has 0 amide bonds. The number of sulfonamides is 1. The normalized spacial score (nSPS) is 15.3. The van der Waals surface area contributed by atoms with E-state index in [1.54, 1.807) is 0 Å². The van der Waals surface area contributed by atoms with E-state index in [0.29, 0.717) is 0 Å². The maximum atomic E-state index is 12.0. The zero-order chi connectivity index (χ0) is 12.7. The van der Waals surface area contributed by atoms with Crippen molar-refractivity contribution in [2.24, 2.45) is 0 Å². The van der Waals surface area contributed by atoms with Crippen LogP contribution in [-0.4, -0.2) is 28.3 Å². The number of nitrogens with one attached hydrogen (secondary N) is 1. The van der Waals surface area contributed by atoms with Crippen molar-refractivity contribution in [1.82, 2.24) is 4.13 Å². The van der Waals surface area contributed by atoms with E-state index in [1.807, 2.05) is 0 Å². The largest absolute Gasteiger partial charge is 0.471 e. The van der Waals surface area contributed by atoms with Gasteiger partial charge in [0.1, 0.15) is 0 Å². The predicted octanol–water partition coefficient (Wildman–Crippen LogP) is 0.275. The molecule has 0 saturated carbocycles. The van der Waals surface area contributed by atoms with Crippen LogP contribution in [0.15, 0.2) is 0 Å². The third kappa shape index (κ3) is 3.20. The summed E-state index contributed by atoms with van der Waals surface area (Å²) in [6, 6.07) is 0. The van der Waals surface area contributed by atoms with Crippen LogP contribution in [0.4, 0.5) is 25.8 Å². The minimum atomic E-state index is -6.75. The van der Waals surface area contributed by atoms with E-state index in [4.69, 9.17) is 0 Å². The molecular weight excluding hydrogens is 280 g/mol. The van der Waals surface area contributed by atoms with E-state index >= 15 is 0 Å². The molecule has 0 aliphatic rings. The Bertz CT molecular complexity index is 432. The first-order valence-corrected chi connectivity index (χ1v) is 5.49. The lowest BCUT2D eigenvalue weighted by atomic mass is 10.7. The number of halogens is 6. The zero-order valence-electron chi connectivity index (χ0n) is 6.22. The van der Waals surface area contributed by atoms with Gasteiger partial charge in [-0.1, -0.05) is 8.01 Å². The zero-order valence-corrected chi connectivity index (χ0v) is 7.85. The highest BCUT2D eigenvalue weighted by molar-refractivity contribution is 8.03. The van der Waals surface area contributed by atoms with Crippen LogP contribution in [0.5, 0.6) is 0 Å². The Labute approximate surface area is 79.5 Å². The van der Waals surface area contributed by atoms with Gasteiger partial charge in [-0.3, -0.25) is 0 Å². The molecular formula is C2HF6NO4S2. The average Bonchev–Trinajstić information content (AvgIpc) is 1.77. The summed E-state index contributed by atoms with van der Waals surface area (Å²) in [7, 11) is -13.0. The Hall–Kier alpha value is -0.560. The molecule has 15 heavy (non-hydrogen) atoms. The summed E-state index contributed by atoms with van der Waals surface area (Å²) in [4.78, 5) is 0. The average molecular weight is 281 g/mol. The maximum Gasteiger partial charge on any atom is 0.471 e. The van der Waals surface area contributed by atoms with E-state index in [-0.39, 0.29) is 0 Å². The molecule has 5 nitrogen and oxygen atoms in total. The summed E-state index contributed by atoms with van der Waals surface area (Å²) in [6.45, 7) is 0. The van der Waals surface area contributed by atoms with E-state index in [9.17, 15) is 42.7 Å². The van der Waals surface area contributed by atoms with Gasteiger partial charge in [-0.15, -0.1) is 0 Å². The molecule has 0 aromatic rings. The highest BCUT2D eigenvalue weighted by Crippen LogP contribution is 2.39. The first-order chi connectivity index (χ1) is 6.21. The van der Waals surface area contributed by atoms with Crippen LogP contribution in [0.25, 0.3) is 0 Å². The molecule has 0 heterocycles. The summed E-state index contributed by atoms with van der Waals surface area (Å²) < 4.78 is 109. The molecule has 0 aromatic carbocycles. The molecule has 92 valence electrons. The highest BCUT2D eigenvalue weighted by Gasteiger charge is 2.68. The van der Waals surface area contributed by atoms with E-state index in [0.717, 1.165) is 0 Å². The fraction of sp³-hybridized carbons (Fsp3) is 1.00. The summed E-state index contributed by atoms with van der Waals surface area (Å²) in [5, 5.41) is -6.42. The summed E-state index contributed by atoms with van der Waals surface area (Å²) in [5.41, 5.74) is 0. The van der Waals surface area contributed by atoms with Gasteiger partial charge in [0.05, 0.1) is 0 Å². The van der Waals surface area contributed by atoms with Gasteiger partial charge in [-0.25, -0.2) is 8.42 Å². The molecule has 0 radical (unpaired) electrons. The Kier molecular flexibility index (Phi) is 3.35. The number of rotatable bonds is 3. The maximum absolute atomic E-state index is 12.0. The van der Waals surface area contributed by atoms with Crippen molar-refractivity contribution in [1.29, 1.82) is 0 Å². The standard InChI is InChI=1S/C2HF6NO4S2/c3-1(4,5)2(6,7)14(10,11)9-15(8,12)13/h9H.